The summed E-state index contributed by atoms with van der Waals surface area (Å²) in [5, 5.41) is 21.4. The number of aromatic nitrogens is 4. The van der Waals surface area contributed by atoms with Gasteiger partial charge in [0.2, 0.25) is 0 Å². The minimum atomic E-state index is -0.810. The van der Waals surface area contributed by atoms with Crippen molar-refractivity contribution in [2.24, 2.45) is 5.41 Å². The van der Waals surface area contributed by atoms with E-state index in [1.54, 1.807) is 4.68 Å². The number of rotatable bonds is 5. The molecule has 21 heavy (non-hydrogen) atoms. The van der Waals surface area contributed by atoms with E-state index in [1.165, 1.54) is 0 Å². The minimum Gasteiger partial charge on any atom is -0.481 e. The number of aliphatic carboxylic acids is 1. The van der Waals surface area contributed by atoms with Gasteiger partial charge in [-0.15, -0.1) is 16.9 Å². The molecule has 1 N–H and O–H groups in total. The van der Waals surface area contributed by atoms with Crippen molar-refractivity contribution < 1.29 is 9.90 Å². The van der Waals surface area contributed by atoms with Crippen LogP contribution in [0, 0.1) is 5.41 Å². The van der Waals surface area contributed by atoms with Gasteiger partial charge >= 0.3 is 5.97 Å². The Morgan fingerprint density at radius 2 is 2.24 bits per heavy atom. The summed E-state index contributed by atoms with van der Waals surface area (Å²) in [6.45, 7) is 8.48. The van der Waals surface area contributed by atoms with Crippen molar-refractivity contribution in [3.63, 3.8) is 0 Å². The molecule has 2 heterocycles. The van der Waals surface area contributed by atoms with E-state index in [2.05, 4.69) is 43.2 Å². The first-order valence-electron chi connectivity index (χ1n) is 7.35. The standard InChI is InChI=1S/C14H24N4O2S/c1-13(2,3)9-10(8-11(19)20)18-12(15-16-17-18)14(4)6-5-7-21-14/h10H,5-9H2,1-4H3,(H,19,20). The molecular formula is C14H24N4O2S. The van der Waals surface area contributed by atoms with Gasteiger partial charge < -0.3 is 5.11 Å². The summed E-state index contributed by atoms with van der Waals surface area (Å²) in [7, 11) is 0. The molecule has 1 aromatic rings. The Labute approximate surface area is 129 Å². The first kappa shape index (κ1) is 16.3. The van der Waals surface area contributed by atoms with Crippen LogP contribution in [0.2, 0.25) is 0 Å². The number of carboxylic acid groups (broad SMARTS) is 1. The summed E-state index contributed by atoms with van der Waals surface area (Å²) in [5.74, 6) is 1.11. The van der Waals surface area contributed by atoms with Gasteiger partial charge in [-0.3, -0.25) is 4.79 Å². The number of nitrogens with zero attached hydrogens (tertiary/aromatic N) is 4. The third kappa shape index (κ3) is 3.96. The fourth-order valence-electron chi connectivity index (χ4n) is 2.90. The van der Waals surface area contributed by atoms with Crippen molar-refractivity contribution in [3.05, 3.63) is 5.82 Å². The lowest BCUT2D eigenvalue weighted by Crippen LogP contribution is -2.27. The van der Waals surface area contributed by atoms with E-state index >= 15 is 0 Å². The number of hydrogen-bond donors (Lipinski definition) is 1. The highest BCUT2D eigenvalue weighted by Gasteiger charge is 2.38. The topological polar surface area (TPSA) is 80.9 Å². The van der Waals surface area contributed by atoms with Gasteiger partial charge in [0, 0.05) is 0 Å². The van der Waals surface area contributed by atoms with E-state index in [1.807, 2.05) is 11.8 Å². The highest BCUT2D eigenvalue weighted by Crippen LogP contribution is 2.46. The van der Waals surface area contributed by atoms with E-state index in [0.29, 0.717) is 0 Å². The third-order valence-electron chi connectivity index (χ3n) is 3.79. The summed E-state index contributed by atoms with van der Waals surface area (Å²) in [5.41, 5.74) is 0.0209. The maximum absolute atomic E-state index is 11.2. The van der Waals surface area contributed by atoms with Crippen LogP contribution in [0.4, 0.5) is 0 Å². The summed E-state index contributed by atoms with van der Waals surface area (Å²) in [6, 6.07) is -0.203. The molecule has 1 aromatic heterocycles. The number of thioether (sulfide) groups is 1. The first-order valence-corrected chi connectivity index (χ1v) is 8.34. The molecule has 0 aliphatic carbocycles. The highest BCUT2D eigenvalue weighted by molar-refractivity contribution is 8.00. The van der Waals surface area contributed by atoms with Gasteiger partial charge in [-0.25, -0.2) is 4.68 Å². The second-order valence-corrected chi connectivity index (χ2v) is 8.74. The zero-order valence-corrected chi connectivity index (χ0v) is 14.0. The van der Waals surface area contributed by atoms with Crippen molar-refractivity contribution in [3.8, 4) is 0 Å². The smallest absolute Gasteiger partial charge is 0.305 e. The van der Waals surface area contributed by atoms with Gasteiger partial charge in [-0.2, -0.15) is 0 Å². The highest BCUT2D eigenvalue weighted by atomic mass is 32.2. The molecule has 2 rings (SSSR count). The molecule has 0 aromatic carbocycles. The quantitative estimate of drug-likeness (QED) is 0.900. The molecule has 0 bridgehead atoms. The van der Waals surface area contributed by atoms with E-state index in [9.17, 15) is 9.90 Å². The molecule has 6 nitrogen and oxygen atoms in total. The molecule has 1 fully saturated rings. The fourth-order valence-corrected chi connectivity index (χ4v) is 4.19. The van der Waals surface area contributed by atoms with Crippen LogP contribution in [0.1, 0.15) is 65.2 Å². The average Bonchev–Trinajstić information content (AvgIpc) is 2.94. The summed E-state index contributed by atoms with van der Waals surface area (Å²) < 4.78 is 1.66. The normalized spacial score (nSPS) is 24.2. The first-order chi connectivity index (χ1) is 9.71. The van der Waals surface area contributed by atoms with E-state index in [-0.39, 0.29) is 22.6 Å². The van der Waals surface area contributed by atoms with Gasteiger partial charge in [0.05, 0.1) is 17.2 Å². The zero-order valence-electron chi connectivity index (χ0n) is 13.2. The Morgan fingerprint density at radius 3 is 2.76 bits per heavy atom. The van der Waals surface area contributed by atoms with Crippen molar-refractivity contribution >= 4 is 17.7 Å². The van der Waals surface area contributed by atoms with Crippen molar-refractivity contribution in [1.82, 2.24) is 20.2 Å². The molecule has 1 aliphatic heterocycles. The molecule has 0 saturated carbocycles. The second kappa shape index (κ2) is 5.94. The second-order valence-electron chi connectivity index (χ2n) is 7.15. The van der Waals surface area contributed by atoms with Crippen LogP contribution in [0.5, 0.6) is 0 Å². The lowest BCUT2D eigenvalue weighted by atomic mass is 9.87. The minimum absolute atomic E-state index is 0.0209. The fraction of sp³-hybridized carbons (Fsp3) is 0.857. The van der Waals surface area contributed by atoms with Crippen molar-refractivity contribution in [2.75, 3.05) is 5.75 Å². The Bertz CT molecular complexity index is 503. The maximum Gasteiger partial charge on any atom is 0.305 e. The molecule has 1 saturated heterocycles. The lowest BCUT2D eigenvalue weighted by molar-refractivity contribution is -0.138. The molecular weight excluding hydrogens is 288 g/mol. The molecule has 118 valence electrons. The van der Waals surface area contributed by atoms with Crippen LogP contribution in [0.15, 0.2) is 0 Å². The van der Waals surface area contributed by atoms with E-state index < -0.39 is 5.97 Å². The number of carbonyl (C=O) groups is 1. The Hall–Kier alpha value is -1.11. The molecule has 0 amide bonds. The molecule has 0 spiro atoms. The van der Waals surface area contributed by atoms with Gasteiger partial charge in [0.1, 0.15) is 0 Å². The average molecular weight is 312 g/mol. The lowest BCUT2D eigenvalue weighted by Gasteiger charge is -2.28. The number of tetrazole rings is 1. The Kier molecular flexibility index (Phi) is 4.60. The third-order valence-corrected chi connectivity index (χ3v) is 5.31. The summed E-state index contributed by atoms with van der Waals surface area (Å²) >= 11 is 1.86. The molecule has 7 heteroatoms. The molecule has 0 radical (unpaired) electrons. The van der Waals surface area contributed by atoms with E-state index in [4.69, 9.17) is 0 Å². The van der Waals surface area contributed by atoms with Crippen LogP contribution < -0.4 is 0 Å². The monoisotopic (exact) mass is 312 g/mol. The van der Waals surface area contributed by atoms with Crippen LogP contribution in [0.3, 0.4) is 0 Å². The largest absolute Gasteiger partial charge is 0.481 e. The molecule has 2 atom stereocenters. The molecule has 1 aliphatic rings. The summed E-state index contributed by atoms with van der Waals surface area (Å²) in [4.78, 5) is 11.2. The van der Waals surface area contributed by atoms with Crippen LogP contribution in [0.25, 0.3) is 0 Å². The predicted octanol–water partition coefficient (Wildman–Crippen LogP) is 2.87. The van der Waals surface area contributed by atoms with Crippen LogP contribution in [-0.4, -0.2) is 37.0 Å². The van der Waals surface area contributed by atoms with Crippen LogP contribution in [-0.2, 0) is 9.54 Å². The van der Waals surface area contributed by atoms with Crippen molar-refractivity contribution in [1.29, 1.82) is 0 Å². The molecule has 2 unspecified atom stereocenters. The van der Waals surface area contributed by atoms with Gasteiger partial charge in [-0.1, -0.05) is 20.8 Å². The van der Waals surface area contributed by atoms with Crippen LogP contribution >= 0.6 is 11.8 Å². The predicted molar refractivity (Wildman–Crippen MR) is 82.2 cm³/mol. The zero-order chi connectivity index (χ0) is 15.7. The van der Waals surface area contributed by atoms with Gasteiger partial charge in [-0.05, 0) is 47.8 Å². The van der Waals surface area contributed by atoms with Crippen molar-refractivity contribution in [2.45, 2.75) is 64.2 Å². The Morgan fingerprint density at radius 1 is 1.52 bits per heavy atom. The number of hydrogen-bond acceptors (Lipinski definition) is 5. The Balaban J connectivity index is 2.32. The SMILES string of the molecule is CC(C)(C)CC(CC(=O)O)n1nnnc1C1(C)CCCS1. The number of carboxylic acids is 1. The maximum atomic E-state index is 11.2. The van der Waals surface area contributed by atoms with E-state index in [0.717, 1.165) is 30.8 Å². The summed E-state index contributed by atoms with van der Waals surface area (Å²) in [6.07, 6.45) is 2.97. The van der Waals surface area contributed by atoms with Gasteiger partial charge in [0.15, 0.2) is 5.82 Å². The van der Waals surface area contributed by atoms with Gasteiger partial charge in [0.25, 0.3) is 0 Å².